The van der Waals surface area contributed by atoms with Crippen LogP contribution in [0.25, 0.3) is 0 Å². The fraction of sp³-hybridized carbons (Fsp3) is 0.556. The third-order valence-electron chi connectivity index (χ3n) is 1.68. The summed E-state index contributed by atoms with van der Waals surface area (Å²) in [5.41, 5.74) is 0. The van der Waals surface area contributed by atoms with Crippen molar-refractivity contribution in [1.29, 1.82) is 0 Å². The van der Waals surface area contributed by atoms with Crippen LogP contribution >= 0.6 is 0 Å². The van der Waals surface area contributed by atoms with Crippen molar-refractivity contribution in [1.82, 2.24) is 0 Å². The first-order valence-electron chi connectivity index (χ1n) is 4.11. The van der Waals surface area contributed by atoms with Crippen LogP contribution in [0.15, 0.2) is 12.2 Å². The molecule has 5 heteroatoms. The van der Waals surface area contributed by atoms with Crippen LogP contribution < -0.4 is 34.7 Å². The van der Waals surface area contributed by atoms with E-state index in [1.807, 2.05) is 13.0 Å². The van der Waals surface area contributed by atoms with Crippen molar-refractivity contribution >= 4 is 11.9 Å². The Hall–Kier alpha value is -0.320. The van der Waals surface area contributed by atoms with Crippen molar-refractivity contribution in [3.63, 3.8) is 0 Å². The smallest absolute Gasteiger partial charge is 0.550 e. The second-order valence-electron chi connectivity index (χ2n) is 2.76. The molecule has 0 amide bonds. The molecule has 0 aromatic rings. The van der Waals surface area contributed by atoms with Gasteiger partial charge >= 0.3 is 35.5 Å². The molecule has 0 aliphatic heterocycles. The van der Waals surface area contributed by atoms with Crippen molar-refractivity contribution in [3.05, 3.63) is 12.2 Å². The Morgan fingerprint density at radius 2 is 2.07 bits per heavy atom. The Morgan fingerprint density at radius 3 is 2.43 bits per heavy atom. The number of carboxylic acids is 2. The summed E-state index contributed by atoms with van der Waals surface area (Å²) in [6.45, 7) is 1.83. The van der Waals surface area contributed by atoms with Crippen LogP contribution in [0.1, 0.15) is 26.2 Å². The number of carboxylic acid groups (broad SMARTS) is 2. The molecule has 0 aliphatic carbocycles. The van der Waals surface area contributed by atoms with Crippen LogP contribution in [0.2, 0.25) is 0 Å². The van der Waals surface area contributed by atoms with E-state index in [-0.39, 0.29) is 29.6 Å². The molecule has 0 spiro atoms. The fourth-order valence-corrected chi connectivity index (χ4v) is 0.978. The summed E-state index contributed by atoms with van der Waals surface area (Å²) in [6, 6.07) is 0. The van der Waals surface area contributed by atoms with Crippen LogP contribution in [0.3, 0.4) is 0 Å². The first-order valence-corrected chi connectivity index (χ1v) is 4.11. The second kappa shape index (κ2) is 9.24. The Morgan fingerprint density at radius 1 is 1.50 bits per heavy atom. The molecule has 74 valence electrons. The number of hydrogen-bond donors (Lipinski definition) is 1. The normalized spacial score (nSPS) is 12.1. The minimum Gasteiger partial charge on any atom is -0.550 e. The number of allylic oxidation sites excluding steroid dienone is 2. The van der Waals surface area contributed by atoms with Gasteiger partial charge in [-0.1, -0.05) is 12.2 Å². The number of carbonyl (C=O) groups excluding carboxylic acids is 1. The predicted octanol–water partition coefficient (Wildman–Crippen LogP) is -2.81. The molecule has 0 aromatic carbocycles. The Kier molecular flexibility index (Phi) is 10.6. The zero-order valence-corrected chi connectivity index (χ0v) is 10.5. The summed E-state index contributed by atoms with van der Waals surface area (Å²) in [5, 5.41) is 18.8. The summed E-state index contributed by atoms with van der Waals surface area (Å²) < 4.78 is 0. The van der Waals surface area contributed by atoms with Crippen molar-refractivity contribution in [3.8, 4) is 0 Å². The van der Waals surface area contributed by atoms with Crippen LogP contribution in [-0.2, 0) is 9.59 Å². The van der Waals surface area contributed by atoms with Gasteiger partial charge in [-0.05, 0) is 19.8 Å². The van der Waals surface area contributed by atoms with E-state index in [0.29, 0.717) is 12.8 Å². The number of carbonyl (C=O) groups is 2. The van der Waals surface area contributed by atoms with Gasteiger partial charge in [0, 0.05) is 12.4 Å². The molecule has 0 aromatic heterocycles. The summed E-state index contributed by atoms with van der Waals surface area (Å²) >= 11 is 0. The molecule has 0 bridgehead atoms. The van der Waals surface area contributed by atoms with Gasteiger partial charge in [0.2, 0.25) is 0 Å². The summed E-state index contributed by atoms with van der Waals surface area (Å²) in [6.07, 6.45) is 4.13. The molecule has 1 N–H and O–H groups in total. The molecule has 0 radical (unpaired) electrons. The van der Waals surface area contributed by atoms with Gasteiger partial charge < -0.3 is 15.0 Å². The van der Waals surface area contributed by atoms with Crippen molar-refractivity contribution in [2.45, 2.75) is 26.2 Å². The Bertz CT molecular complexity index is 213. The largest absolute Gasteiger partial charge is 1.00 e. The van der Waals surface area contributed by atoms with Crippen molar-refractivity contribution in [2.75, 3.05) is 0 Å². The number of hydrogen-bond acceptors (Lipinski definition) is 3. The van der Waals surface area contributed by atoms with Gasteiger partial charge in [-0.2, -0.15) is 0 Å². The van der Waals surface area contributed by atoms with E-state index >= 15 is 0 Å². The molecule has 0 saturated heterocycles. The van der Waals surface area contributed by atoms with Gasteiger partial charge in [-0.15, -0.1) is 0 Å². The SMILES string of the molecule is C/C=C/CCC(CC(=O)[O-])C(=O)O.[Na+]. The quantitative estimate of drug-likeness (QED) is 0.377. The fourth-order valence-electron chi connectivity index (χ4n) is 0.978. The van der Waals surface area contributed by atoms with E-state index in [0.717, 1.165) is 0 Å². The third-order valence-corrected chi connectivity index (χ3v) is 1.68. The molecular formula is C9H13NaO4. The number of aliphatic carboxylic acids is 2. The van der Waals surface area contributed by atoms with Crippen LogP contribution in [0.5, 0.6) is 0 Å². The van der Waals surface area contributed by atoms with Gasteiger partial charge in [0.15, 0.2) is 0 Å². The second-order valence-corrected chi connectivity index (χ2v) is 2.76. The van der Waals surface area contributed by atoms with E-state index in [9.17, 15) is 14.7 Å². The maximum absolute atomic E-state index is 10.5. The monoisotopic (exact) mass is 208 g/mol. The zero-order chi connectivity index (χ0) is 10.3. The van der Waals surface area contributed by atoms with Crippen LogP contribution in [0, 0.1) is 5.92 Å². The zero-order valence-electron chi connectivity index (χ0n) is 8.53. The molecule has 0 rings (SSSR count). The molecule has 0 saturated carbocycles. The number of rotatable bonds is 6. The van der Waals surface area contributed by atoms with Gasteiger partial charge in [-0.25, -0.2) is 0 Å². The van der Waals surface area contributed by atoms with E-state index in [1.165, 1.54) is 0 Å². The van der Waals surface area contributed by atoms with Gasteiger partial charge in [0.1, 0.15) is 0 Å². The molecule has 1 atom stereocenters. The minimum atomic E-state index is -1.31. The standard InChI is InChI=1S/C9H14O4.Na/c1-2-3-4-5-7(9(12)13)6-8(10)11;/h2-3,7H,4-6H2,1H3,(H,10,11)(H,12,13);/q;+1/p-1/b3-2+;. The van der Waals surface area contributed by atoms with Crippen LogP contribution in [0.4, 0.5) is 0 Å². The van der Waals surface area contributed by atoms with Gasteiger partial charge in [-0.3, -0.25) is 4.79 Å². The maximum Gasteiger partial charge on any atom is 1.00 e. The minimum absolute atomic E-state index is 0. The molecule has 14 heavy (non-hydrogen) atoms. The molecule has 0 fully saturated rings. The summed E-state index contributed by atoms with van der Waals surface area (Å²) in [4.78, 5) is 20.7. The first kappa shape index (κ1) is 16.1. The maximum atomic E-state index is 10.5. The van der Waals surface area contributed by atoms with Crippen molar-refractivity contribution < 1.29 is 49.4 Å². The topological polar surface area (TPSA) is 77.4 Å². The third kappa shape index (κ3) is 8.29. The van der Waals surface area contributed by atoms with E-state index < -0.39 is 24.3 Å². The average Bonchev–Trinajstić information content (AvgIpc) is 2.02. The predicted molar refractivity (Wildman–Crippen MR) is 44.8 cm³/mol. The molecule has 4 nitrogen and oxygen atoms in total. The van der Waals surface area contributed by atoms with Crippen molar-refractivity contribution in [2.24, 2.45) is 5.92 Å². The summed E-state index contributed by atoms with van der Waals surface area (Å²) in [5.74, 6) is -3.22. The first-order chi connectivity index (χ1) is 6.07. The van der Waals surface area contributed by atoms with E-state index in [4.69, 9.17) is 5.11 Å². The molecule has 0 aliphatic rings. The molecule has 1 unspecified atom stereocenters. The Balaban J connectivity index is 0. The van der Waals surface area contributed by atoms with E-state index in [2.05, 4.69) is 0 Å². The van der Waals surface area contributed by atoms with Crippen LogP contribution in [-0.4, -0.2) is 17.0 Å². The average molecular weight is 208 g/mol. The van der Waals surface area contributed by atoms with Gasteiger partial charge in [0.05, 0.1) is 5.92 Å². The Labute approximate surface area is 105 Å². The summed E-state index contributed by atoms with van der Waals surface area (Å²) in [7, 11) is 0. The van der Waals surface area contributed by atoms with E-state index in [1.54, 1.807) is 6.08 Å². The van der Waals surface area contributed by atoms with Gasteiger partial charge in [0.25, 0.3) is 0 Å². The molecular weight excluding hydrogens is 195 g/mol. The molecule has 0 heterocycles.